The number of aryl methyl sites for hydroxylation is 1. The third kappa shape index (κ3) is 5.13. The van der Waals surface area contributed by atoms with E-state index in [1.807, 2.05) is 6.92 Å². The molecule has 0 unspecified atom stereocenters. The average molecular weight is 342 g/mol. The third-order valence-electron chi connectivity index (χ3n) is 3.05. The quantitative estimate of drug-likeness (QED) is 0.753. The summed E-state index contributed by atoms with van der Waals surface area (Å²) < 4.78 is 13.3. The van der Waals surface area contributed by atoms with E-state index in [9.17, 15) is 9.50 Å². The molecule has 0 bridgehead atoms. The van der Waals surface area contributed by atoms with E-state index in [4.69, 9.17) is 16.7 Å². The number of aliphatic hydroxyl groups excluding tert-OH is 2. The van der Waals surface area contributed by atoms with Gasteiger partial charge in [0.2, 0.25) is 0 Å². The molecule has 1 aromatic heterocycles. The maximum Gasteiger partial charge on any atom is 0.161 e. The molecule has 0 fully saturated rings. The summed E-state index contributed by atoms with van der Waals surface area (Å²) >= 11 is 5.79. The summed E-state index contributed by atoms with van der Waals surface area (Å²) in [7, 11) is 0. The second-order valence-corrected chi connectivity index (χ2v) is 5.18. The average Bonchev–Trinajstić information content (AvgIpc) is 2.54. The van der Waals surface area contributed by atoms with Gasteiger partial charge in [0.1, 0.15) is 11.6 Å². The molecule has 23 heavy (non-hydrogen) atoms. The van der Waals surface area contributed by atoms with E-state index in [-0.39, 0.29) is 25.6 Å². The minimum Gasteiger partial charge on any atom is -0.394 e. The Bertz CT molecular complexity index is 655. The molecular weight excluding hydrogens is 321 g/mol. The van der Waals surface area contributed by atoms with Crippen molar-refractivity contribution >= 4 is 17.4 Å². The summed E-state index contributed by atoms with van der Waals surface area (Å²) in [5.41, 5.74) is 1.40. The Morgan fingerprint density at radius 2 is 2.04 bits per heavy atom. The number of halogens is 2. The van der Waals surface area contributed by atoms with Crippen molar-refractivity contribution in [2.24, 2.45) is 0 Å². The number of anilines is 1. The Labute approximate surface area is 140 Å². The van der Waals surface area contributed by atoms with E-state index in [0.29, 0.717) is 23.6 Å². The number of nitrogens with zero attached hydrogens (tertiary/aromatic N) is 2. The van der Waals surface area contributed by atoms with Crippen molar-refractivity contribution in [2.75, 3.05) is 18.5 Å². The van der Waals surface area contributed by atoms with Gasteiger partial charge >= 0.3 is 0 Å². The summed E-state index contributed by atoms with van der Waals surface area (Å²) in [6.07, 6.45) is -0.175. The predicted octanol–water partition coefficient (Wildman–Crippen LogP) is 2.90. The molecule has 0 aliphatic carbocycles. The number of aliphatic hydroxyl groups is 2. The predicted molar refractivity (Wildman–Crippen MR) is 90.1 cm³/mol. The molecule has 1 atom stereocenters. The lowest BCUT2D eigenvalue weighted by Gasteiger charge is -2.12. The first-order valence-electron chi connectivity index (χ1n) is 6.89. The minimum absolute atomic E-state index is 0. The summed E-state index contributed by atoms with van der Waals surface area (Å²) in [6.45, 7) is 1.79. The molecule has 3 N–H and O–H groups in total. The van der Waals surface area contributed by atoms with Gasteiger partial charge < -0.3 is 15.5 Å². The van der Waals surface area contributed by atoms with Gasteiger partial charge in [-0.1, -0.05) is 26.0 Å². The van der Waals surface area contributed by atoms with Crippen molar-refractivity contribution in [2.45, 2.75) is 26.9 Å². The minimum atomic E-state index is -0.872. The van der Waals surface area contributed by atoms with Crippen LogP contribution in [0.5, 0.6) is 0 Å². The highest BCUT2D eigenvalue weighted by Crippen LogP contribution is 2.24. The van der Waals surface area contributed by atoms with Crippen LogP contribution in [0.3, 0.4) is 0 Å². The van der Waals surface area contributed by atoms with E-state index in [1.54, 1.807) is 12.1 Å². The Kier molecular flexibility index (Phi) is 7.35. The molecule has 0 spiro atoms. The maximum absolute atomic E-state index is 13.3. The largest absolute Gasteiger partial charge is 0.394 e. The summed E-state index contributed by atoms with van der Waals surface area (Å²) in [6, 6.07) is 6.06. The van der Waals surface area contributed by atoms with Crippen molar-refractivity contribution in [3.05, 3.63) is 40.8 Å². The zero-order valence-corrected chi connectivity index (χ0v) is 12.8. The van der Waals surface area contributed by atoms with Crippen LogP contribution in [-0.2, 0) is 6.42 Å². The van der Waals surface area contributed by atoms with Gasteiger partial charge in [-0.2, -0.15) is 0 Å². The van der Waals surface area contributed by atoms with E-state index in [0.717, 1.165) is 5.69 Å². The van der Waals surface area contributed by atoms with Crippen LogP contribution in [0.15, 0.2) is 24.3 Å². The summed E-state index contributed by atoms with van der Waals surface area (Å²) in [4.78, 5) is 8.73. The van der Waals surface area contributed by atoms with Crippen LogP contribution in [0.25, 0.3) is 11.4 Å². The van der Waals surface area contributed by atoms with Crippen LogP contribution in [-0.4, -0.2) is 39.4 Å². The fraction of sp³-hybridized carbons (Fsp3) is 0.375. The normalized spacial score (nSPS) is 11.7. The molecule has 1 heterocycles. The molecular formula is C16H21ClFN3O2. The number of rotatable bonds is 6. The Morgan fingerprint density at radius 1 is 1.30 bits per heavy atom. The van der Waals surface area contributed by atoms with Gasteiger partial charge in [-0.25, -0.2) is 14.4 Å². The van der Waals surface area contributed by atoms with Crippen molar-refractivity contribution in [3.63, 3.8) is 0 Å². The Morgan fingerprint density at radius 3 is 2.65 bits per heavy atom. The zero-order chi connectivity index (χ0) is 16.1. The molecule has 0 saturated carbocycles. The topological polar surface area (TPSA) is 78.3 Å². The lowest BCUT2D eigenvalue weighted by atomic mass is 10.2. The monoisotopic (exact) mass is 341 g/mol. The van der Waals surface area contributed by atoms with Crippen LogP contribution in [0.4, 0.5) is 10.2 Å². The van der Waals surface area contributed by atoms with Gasteiger partial charge in [-0.3, -0.25) is 0 Å². The molecule has 0 saturated heterocycles. The molecule has 7 heteroatoms. The van der Waals surface area contributed by atoms with Crippen molar-refractivity contribution < 1.29 is 14.6 Å². The van der Waals surface area contributed by atoms with E-state index in [2.05, 4.69) is 15.3 Å². The highest BCUT2D eigenvalue weighted by molar-refractivity contribution is 6.31. The second kappa shape index (κ2) is 8.76. The van der Waals surface area contributed by atoms with Gasteiger partial charge in [-0.15, -0.1) is 0 Å². The van der Waals surface area contributed by atoms with E-state index < -0.39 is 11.9 Å². The number of aromatic nitrogens is 2. The van der Waals surface area contributed by atoms with Gasteiger partial charge in [0, 0.05) is 23.9 Å². The van der Waals surface area contributed by atoms with Gasteiger partial charge in [0.05, 0.1) is 17.7 Å². The van der Waals surface area contributed by atoms with Crippen molar-refractivity contribution in [1.29, 1.82) is 0 Å². The highest BCUT2D eigenvalue weighted by Gasteiger charge is 2.10. The zero-order valence-electron chi connectivity index (χ0n) is 12.1. The number of hydrogen-bond acceptors (Lipinski definition) is 5. The summed E-state index contributed by atoms with van der Waals surface area (Å²) in [5, 5.41) is 21.2. The Balaban J connectivity index is 0.00000264. The second-order valence-electron chi connectivity index (χ2n) is 4.77. The van der Waals surface area contributed by atoms with Gasteiger partial charge in [-0.05, 0) is 24.6 Å². The first kappa shape index (κ1) is 19.3. The first-order chi connectivity index (χ1) is 10.5. The molecule has 0 amide bonds. The van der Waals surface area contributed by atoms with Gasteiger partial charge in [0.25, 0.3) is 0 Å². The molecule has 126 valence electrons. The lowest BCUT2D eigenvalue weighted by molar-refractivity contribution is 0.105. The fourth-order valence-corrected chi connectivity index (χ4v) is 2.00. The fourth-order valence-electron chi connectivity index (χ4n) is 1.82. The standard InChI is InChI=1S/C15H17ClFN3O2.CH4/c1-2-10-6-14(18-7-11(22)8-21)20-15(19-10)9-3-4-13(17)12(16)5-9;/h3-6,11,21-22H,2,7-8H2,1H3,(H,18,19,20);1H4/t11-;/m1./s1. The third-order valence-corrected chi connectivity index (χ3v) is 3.34. The van der Waals surface area contributed by atoms with Crippen molar-refractivity contribution in [3.8, 4) is 11.4 Å². The van der Waals surface area contributed by atoms with Crippen LogP contribution in [0, 0.1) is 5.82 Å². The molecule has 5 nitrogen and oxygen atoms in total. The van der Waals surface area contributed by atoms with Crippen LogP contribution < -0.4 is 5.32 Å². The highest BCUT2D eigenvalue weighted by atomic mass is 35.5. The number of hydrogen-bond donors (Lipinski definition) is 3. The molecule has 2 rings (SSSR count). The Hall–Kier alpha value is -1.76. The molecule has 0 radical (unpaired) electrons. The lowest BCUT2D eigenvalue weighted by Crippen LogP contribution is -2.23. The van der Waals surface area contributed by atoms with Crippen LogP contribution in [0.2, 0.25) is 5.02 Å². The molecule has 0 aliphatic heterocycles. The smallest absolute Gasteiger partial charge is 0.161 e. The van der Waals surface area contributed by atoms with E-state index >= 15 is 0 Å². The molecule has 0 aliphatic rings. The van der Waals surface area contributed by atoms with Gasteiger partial charge in [0.15, 0.2) is 5.82 Å². The molecule has 2 aromatic rings. The first-order valence-corrected chi connectivity index (χ1v) is 7.27. The maximum atomic E-state index is 13.3. The van der Waals surface area contributed by atoms with E-state index in [1.165, 1.54) is 12.1 Å². The van der Waals surface area contributed by atoms with Crippen molar-refractivity contribution in [1.82, 2.24) is 9.97 Å². The SMILES string of the molecule is C.CCc1cc(NC[C@@H](O)CO)nc(-c2ccc(F)c(Cl)c2)n1. The van der Waals surface area contributed by atoms with Crippen LogP contribution in [0.1, 0.15) is 20.0 Å². The van der Waals surface area contributed by atoms with Crippen LogP contribution >= 0.6 is 11.6 Å². The summed E-state index contributed by atoms with van der Waals surface area (Å²) in [5.74, 6) is 0.443. The number of nitrogens with one attached hydrogen (secondary N) is 1. The number of benzene rings is 1. The molecule has 1 aromatic carbocycles.